The van der Waals surface area contributed by atoms with Gasteiger partial charge in [-0.05, 0) is 60.7 Å². The van der Waals surface area contributed by atoms with Crippen molar-refractivity contribution in [1.29, 1.82) is 0 Å². The molecule has 1 fully saturated rings. The number of hydrogen-bond donors (Lipinski definition) is 0. The maximum Gasteiger partial charge on any atom is 0.272 e. The van der Waals surface area contributed by atoms with Gasteiger partial charge in [0.2, 0.25) is 0 Å². The van der Waals surface area contributed by atoms with Crippen molar-refractivity contribution in [3.05, 3.63) is 95.4 Å². The minimum atomic E-state index is -0.393. The monoisotopic (exact) mass is 490 g/mol. The van der Waals surface area contributed by atoms with Crippen LogP contribution in [0.25, 0.3) is 16.9 Å². The van der Waals surface area contributed by atoms with Crippen LogP contribution in [0.2, 0.25) is 5.02 Å². The van der Waals surface area contributed by atoms with Crippen LogP contribution in [0.1, 0.15) is 10.5 Å². The minimum absolute atomic E-state index is 0.158. The van der Waals surface area contributed by atoms with Crippen LogP contribution in [0.3, 0.4) is 0 Å². The van der Waals surface area contributed by atoms with E-state index in [1.807, 2.05) is 35.2 Å². The van der Waals surface area contributed by atoms with E-state index in [0.29, 0.717) is 53.8 Å². The largest absolute Gasteiger partial charge is 0.497 e. The van der Waals surface area contributed by atoms with Crippen LogP contribution < -0.4 is 9.64 Å². The molecular weight excluding hydrogens is 467 g/mol. The molecule has 1 saturated heterocycles. The van der Waals surface area contributed by atoms with Crippen molar-refractivity contribution in [2.45, 2.75) is 0 Å². The van der Waals surface area contributed by atoms with Gasteiger partial charge < -0.3 is 14.5 Å². The van der Waals surface area contributed by atoms with Crippen molar-refractivity contribution < 1.29 is 13.9 Å². The van der Waals surface area contributed by atoms with E-state index in [4.69, 9.17) is 16.3 Å². The van der Waals surface area contributed by atoms with Gasteiger partial charge in [0.05, 0.1) is 18.5 Å². The molecule has 35 heavy (non-hydrogen) atoms. The Kier molecular flexibility index (Phi) is 6.42. The quantitative estimate of drug-likeness (QED) is 0.381. The van der Waals surface area contributed by atoms with E-state index in [1.54, 1.807) is 54.3 Å². The molecule has 0 N–H and O–H groups in total. The van der Waals surface area contributed by atoms with Crippen LogP contribution in [0, 0.1) is 5.82 Å². The molecule has 3 aromatic carbocycles. The standard InChI is InChI=1S/C27H24ClFN4O2/c1-35-22-11-9-20(10-12-22)31-13-15-32(16-14-31)27(34)26-18-25(23-7-2-3-8-24(23)29)30-33(26)21-6-4-5-19(28)17-21/h2-12,17-18H,13-16H2,1H3. The van der Waals surface area contributed by atoms with E-state index in [0.717, 1.165) is 11.4 Å². The summed E-state index contributed by atoms with van der Waals surface area (Å²) in [5, 5.41) is 5.12. The normalized spacial score (nSPS) is 13.7. The van der Waals surface area contributed by atoms with Crippen molar-refractivity contribution in [3.63, 3.8) is 0 Å². The Bertz CT molecular complexity index is 1350. The molecule has 5 rings (SSSR count). The number of benzene rings is 3. The minimum Gasteiger partial charge on any atom is -0.497 e. The molecule has 178 valence electrons. The number of ether oxygens (including phenoxy) is 1. The lowest BCUT2D eigenvalue weighted by Crippen LogP contribution is -2.49. The fourth-order valence-electron chi connectivity index (χ4n) is 4.26. The molecule has 1 aromatic heterocycles. The Morgan fingerprint density at radius 3 is 2.34 bits per heavy atom. The lowest BCUT2D eigenvalue weighted by atomic mass is 10.1. The Hall–Kier alpha value is -3.84. The highest BCUT2D eigenvalue weighted by atomic mass is 35.5. The highest BCUT2D eigenvalue weighted by Gasteiger charge is 2.27. The summed E-state index contributed by atoms with van der Waals surface area (Å²) in [6.45, 7) is 2.51. The summed E-state index contributed by atoms with van der Waals surface area (Å²) in [5.74, 6) is 0.257. The third-order valence-corrected chi connectivity index (χ3v) is 6.37. The van der Waals surface area contributed by atoms with E-state index in [-0.39, 0.29) is 5.91 Å². The average Bonchev–Trinajstić information content (AvgIpc) is 3.34. The average molecular weight is 491 g/mol. The maximum absolute atomic E-state index is 14.5. The first-order valence-corrected chi connectivity index (χ1v) is 11.7. The number of hydrogen-bond acceptors (Lipinski definition) is 4. The second kappa shape index (κ2) is 9.80. The predicted octanol–water partition coefficient (Wildman–Crippen LogP) is 5.30. The number of rotatable bonds is 5. The number of anilines is 1. The van der Waals surface area contributed by atoms with Crippen molar-refractivity contribution in [3.8, 4) is 22.7 Å². The van der Waals surface area contributed by atoms with Crippen LogP contribution in [-0.4, -0.2) is 53.9 Å². The summed E-state index contributed by atoms with van der Waals surface area (Å²) < 4.78 is 21.3. The molecule has 8 heteroatoms. The predicted molar refractivity (Wildman–Crippen MR) is 135 cm³/mol. The molecule has 6 nitrogen and oxygen atoms in total. The van der Waals surface area contributed by atoms with Crippen LogP contribution in [0.4, 0.5) is 10.1 Å². The highest BCUT2D eigenvalue weighted by Crippen LogP contribution is 2.27. The summed E-state index contributed by atoms with van der Waals surface area (Å²) >= 11 is 6.21. The fourth-order valence-corrected chi connectivity index (χ4v) is 4.45. The van der Waals surface area contributed by atoms with Gasteiger partial charge in [-0.25, -0.2) is 9.07 Å². The molecule has 1 aliphatic rings. The smallest absolute Gasteiger partial charge is 0.272 e. The number of amides is 1. The van der Waals surface area contributed by atoms with Gasteiger partial charge in [0, 0.05) is 42.5 Å². The van der Waals surface area contributed by atoms with E-state index in [1.165, 1.54) is 6.07 Å². The van der Waals surface area contributed by atoms with Crippen molar-refractivity contribution in [1.82, 2.24) is 14.7 Å². The van der Waals surface area contributed by atoms with Gasteiger partial charge in [-0.2, -0.15) is 5.10 Å². The number of methoxy groups -OCH3 is 1. The van der Waals surface area contributed by atoms with Crippen LogP contribution in [-0.2, 0) is 0 Å². The van der Waals surface area contributed by atoms with Gasteiger partial charge >= 0.3 is 0 Å². The Balaban J connectivity index is 1.42. The first-order chi connectivity index (χ1) is 17.0. The number of halogens is 2. The van der Waals surface area contributed by atoms with E-state index < -0.39 is 5.82 Å². The third-order valence-electron chi connectivity index (χ3n) is 6.14. The zero-order valence-corrected chi connectivity index (χ0v) is 20.0. The molecule has 0 saturated carbocycles. The third kappa shape index (κ3) is 4.72. The van der Waals surface area contributed by atoms with Gasteiger partial charge in [-0.3, -0.25) is 4.79 Å². The second-order valence-corrected chi connectivity index (χ2v) is 8.70. The summed E-state index contributed by atoms with van der Waals surface area (Å²) in [6.07, 6.45) is 0. The lowest BCUT2D eigenvalue weighted by molar-refractivity contribution is 0.0737. The first-order valence-electron chi connectivity index (χ1n) is 11.3. The Morgan fingerprint density at radius 1 is 0.914 bits per heavy atom. The van der Waals surface area contributed by atoms with Gasteiger partial charge in [-0.1, -0.05) is 29.8 Å². The summed E-state index contributed by atoms with van der Waals surface area (Å²) in [6, 6.07) is 23.1. The zero-order chi connectivity index (χ0) is 24.4. The van der Waals surface area contributed by atoms with Crippen molar-refractivity contribution in [2.24, 2.45) is 0 Å². The number of nitrogens with zero attached hydrogens (tertiary/aromatic N) is 4. The first kappa shape index (κ1) is 22.9. The van der Waals surface area contributed by atoms with E-state index in [2.05, 4.69) is 10.00 Å². The molecule has 0 bridgehead atoms. The molecule has 2 heterocycles. The van der Waals surface area contributed by atoms with Gasteiger partial charge in [0.25, 0.3) is 5.91 Å². The van der Waals surface area contributed by atoms with Crippen molar-refractivity contribution >= 4 is 23.2 Å². The highest BCUT2D eigenvalue weighted by molar-refractivity contribution is 6.30. The lowest BCUT2D eigenvalue weighted by Gasteiger charge is -2.36. The van der Waals surface area contributed by atoms with Gasteiger partial charge in [0.15, 0.2) is 0 Å². The van der Waals surface area contributed by atoms with Crippen LogP contribution >= 0.6 is 11.6 Å². The number of piperazine rings is 1. The molecule has 0 unspecified atom stereocenters. The molecule has 0 spiro atoms. The topological polar surface area (TPSA) is 50.6 Å². The van der Waals surface area contributed by atoms with Gasteiger partial charge in [-0.15, -0.1) is 0 Å². The van der Waals surface area contributed by atoms with Crippen LogP contribution in [0.5, 0.6) is 5.75 Å². The molecule has 0 atom stereocenters. The Morgan fingerprint density at radius 2 is 1.66 bits per heavy atom. The maximum atomic E-state index is 14.5. The molecule has 0 aliphatic carbocycles. The van der Waals surface area contributed by atoms with E-state index >= 15 is 0 Å². The molecule has 0 radical (unpaired) electrons. The molecule has 1 aliphatic heterocycles. The SMILES string of the molecule is COc1ccc(N2CCN(C(=O)c3cc(-c4ccccc4F)nn3-c3cccc(Cl)c3)CC2)cc1. The second-order valence-electron chi connectivity index (χ2n) is 8.26. The number of carbonyl (C=O) groups is 1. The van der Waals surface area contributed by atoms with E-state index in [9.17, 15) is 9.18 Å². The fraction of sp³-hybridized carbons (Fsp3) is 0.185. The zero-order valence-electron chi connectivity index (χ0n) is 19.2. The van der Waals surface area contributed by atoms with Gasteiger partial charge in [0.1, 0.15) is 17.3 Å². The number of aromatic nitrogens is 2. The summed E-state index contributed by atoms with van der Waals surface area (Å²) in [5.41, 5.74) is 2.82. The molecule has 1 amide bonds. The Labute approximate surface area is 208 Å². The van der Waals surface area contributed by atoms with Crippen molar-refractivity contribution in [2.75, 3.05) is 38.2 Å². The van der Waals surface area contributed by atoms with Crippen LogP contribution in [0.15, 0.2) is 78.9 Å². The summed E-state index contributed by atoms with van der Waals surface area (Å²) in [7, 11) is 1.64. The molecule has 4 aromatic rings. The number of carbonyl (C=O) groups excluding carboxylic acids is 1. The summed E-state index contributed by atoms with van der Waals surface area (Å²) in [4.78, 5) is 17.7. The molecular formula is C27H24ClFN4O2.